The molecule has 6 nitrogen and oxygen atoms in total. The maximum atomic E-state index is 11.4. The Kier molecular flexibility index (Phi) is 3.70. The van der Waals surface area contributed by atoms with Crippen molar-refractivity contribution in [2.24, 2.45) is 0 Å². The van der Waals surface area contributed by atoms with Crippen LogP contribution in [0, 0.1) is 0 Å². The van der Waals surface area contributed by atoms with Crippen molar-refractivity contribution in [2.75, 3.05) is 26.2 Å². The van der Waals surface area contributed by atoms with Crippen LogP contribution in [0.5, 0.6) is 0 Å². The quantitative estimate of drug-likeness (QED) is 0.539. The first-order valence-corrected chi connectivity index (χ1v) is 4.60. The molecule has 0 bridgehead atoms. The summed E-state index contributed by atoms with van der Waals surface area (Å²) in [5.41, 5.74) is 0. The topological polar surface area (TPSA) is 81.7 Å². The van der Waals surface area contributed by atoms with Gasteiger partial charge in [0.15, 0.2) is 0 Å². The number of amides is 2. The summed E-state index contributed by atoms with van der Waals surface area (Å²) in [6, 6.07) is -1.14. The van der Waals surface area contributed by atoms with E-state index in [1.165, 1.54) is 6.92 Å². The first-order valence-electron chi connectivity index (χ1n) is 4.60. The fourth-order valence-corrected chi connectivity index (χ4v) is 1.21. The molecule has 1 atom stereocenters. The standard InChI is InChI=1S/C8H15N3O3/c1-6(7(12)13)10-8(14)11-4-2-9-3-5-11/h6,9H,2-5H2,1H3,(H,10,14)(H,12,13). The SMILES string of the molecule is CC(NC(=O)N1CCNCC1)C(=O)O. The number of hydrogen-bond donors (Lipinski definition) is 3. The lowest BCUT2D eigenvalue weighted by Crippen LogP contribution is -2.53. The van der Waals surface area contributed by atoms with E-state index in [0.717, 1.165) is 13.1 Å². The molecule has 1 aliphatic rings. The molecule has 1 rings (SSSR count). The summed E-state index contributed by atoms with van der Waals surface area (Å²) in [7, 11) is 0. The van der Waals surface area contributed by atoms with Gasteiger partial charge >= 0.3 is 12.0 Å². The predicted octanol–water partition coefficient (Wildman–Crippen LogP) is -0.926. The van der Waals surface area contributed by atoms with E-state index >= 15 is 0 Å². The summed E-state index contributed by atoms with van der Waals surface area (Å²) in [5.74, 6) is -1.02. The Bertz CT molecular complexity index is 226. The van der Waals surface area contributed by atoms with E-state index in [-0.39, 0.29) is 6.03 Å². The van der Waals surface area contributed by atoms with E-state index in [0.29, 0.717) is 13.1 Å². The zero-order valence-electron chi connectivity index (χ0n) is 8.12. The highest BCUT2D eigenvalue weighted by Crippen LogP contribution is 1.94. The summed E-state index contributed by atoms with van der Waals surface area (Å²) in [6.07, 6.45) is 0. The van der Waals surface area contributed by atoms with Crippen LogP contribution in [0.15, 0.2) is 0 Å². The third kappa shape index (κ3) is 2.88. The van der Waals surface area contributed by atoms with Crippen molar-refractivity contribution < 1.29 is 14.7 Å². The molecular formula is C8H15N3O3. The molecule has 0 aromatic rings. The predicted molar refractivity (Wildman–Crippen MR) is 50.1 cm³/mol. The highest BCUT2D eigenvalue weighted by molar-refractivity contribution is 5.82. The minimum absolute atomic E-state index is 0.304. The number of carboxylic acids is 1. The van der Waals surface area contributed by atoms with Crippen molar-refractivity contribution in [2.45, 2.75) is 13.0 Å². The highest BCUT2D eigenvalue weighted by atomic mass is 16.4. The van der Waals surface area contributed by atoms with E-state index in [4.69, 9.17) is 5.11 Å². The number of carbonyl (C=O) groups is 2. The Hall–Kier alpha value is -1.30. The highest BCUT2D eigenvalue weighted by Gasteiger charge is 2.20. The van der Waals surface area contributed by atoms with Crippen molar-refractivity contribution in [3.8, 4) is 0 Å². The smallest absolute Gasteiger partial charge is 0.325 e. The summed E-state index contributed by atoms with van der Waals surface area (Å²) < 4.78 is 0. The Morgan fingerprint density at radius 2 is 2.00 bits per heavy atom. The molecule has 0 radical (unpaired) electrons. The maximum Gasteiger partial charge on any atom is 0.325 e. The number of carbonyl (C=O) groups excluding carboxylic acids is 1. The summed E-state index contributed by atoms with van der Waals surface area (Å²) in [6.45, 7) is 4.21. The molecule has 1 fully saturated rings. The van der Waals surface area contributed by atoms with Gasteiger partial charge in [0.2, 0.25) is 0 Å². The number of urea groups is 1. The zero-order valence-corrected chi connectivity index (χ0v) is 8.12. The van der Waals surface area contributed by atoms with Gasteiger partial charge in [-0.2, -0.15) is 0 Å². The van der Waals surface area contributed by atoms with E-state index in [9.17, 15) is 9.59 Å². The zero-order chi connectivity index (χ0) is 10.6. The Morgan fingerprint density at radius 3 is 2.50 bits per heavy atom. The van der Waals surface area contributed by atoms with Crippen LogP contribution < -0.4 is 10.6 Å². The van der Waals surface area contributed by atoms with Crippen LogP contribution >= 0.6 is 0 Å². The van der Waals surface area contributed by atoms with Gasteiger partial charge in [0.05, 0.1) is 0 Å². The Morgan fingerprint density at radius 1 is 1.43 bits per heavy atom. The van der Waals surface area contributed by atoms with Gasteiger partial charge in [0, 0.05) is 26.2 Å². The molecule has 80 valence electrons. The summed E-state index contributed by atoms with van der Waals surface area (Å²) >= 11 is 0. The van der Waals surface area contributed by atoms with Gasteiger partial charge in [0.25, 0.3) is 0 Å². The molecule has 1 aliphatic heterocycles. The van der Waals surface area contributed by atoms with Gasteiger partial charge < -0.3 is 20.6 Å². The van der Waals surface area contributed by atoms with Gasteiger partial charge in [-0.25, -0.2) is 4.79 Å². The van der Waals surface area contributed by atoms with E-state index in [2.05, 4.69) is 10.6 Å². The molecule has 1 heterocycles. The first-order chi connectivity index (χ1) is 6.61. The lowest BCUT2D eigenvalue weighted by atomic mass is 10.3. The second-order valence-corrected chi connectivity index (χ2v) is 3.25. The molecular weight excluding hydrogens is 186 g/mol. The van der Waals surface area contributed by atoms with Crippen LogP contribution in [-0.4, -0.2) is 54.2 Å². The minimum Gasteiger partial charge on any atom is -0.480 e. The molecule has 0 saturated carbocycles. The lowest BCUT2D eigenvalue weighted by Gasteiger charge is -2.28. The van der Waals surface area contributed by atoms with Crippen LogP contribution in [0.4, 0.5) is 4.79 Å². The van der Waals surface area contributed by atoms with Gasteiger partial charge in [-0.3, -0.25) is 4.79 Å². The normalized spacial score (nSPS) is 18.8. The largest absolute Gasteiger partial charge is 0.480 e. The van der Waals surface area contributed by atoms with Crippen LogP contribution in [0.2, 0.25) is 0 Å². The molecule has 3 N–H and O–H groups in total. The van der Waals surface area contributed by atoms with Crippen molar-refractivity contribution in [3.05, 3.63) is 0 Å². The minimum atomic E-state index is -1.02. The molecule has 6 heteroatoms. The Balaban J connectivity index is 2.36. The molecule has 14 heavy (non-hydrogen) atoms. The number of nitrogens with one attached hydrogen (secondary N) is 2. The molecule has 0 aromatic heterocycles. The fraction of sp³-hybridized carbons (Fsp3) is 0.750. The van der Waals surface area contributed by atoms with Crippen LogP contribution in [0.3, 0.4) is 0 Å². The summed E-state index contributed by atoms with van der Waals surface area (Å²) in [4.78, 5) is 23.5. The van der Waals surface area contributed by atoms with Crippen LogP contribution in [0.1, 0.15) is 6.92 Å². The van der Waals surface area contributed by atoms with Crippen LogP contribution in [0.25, 0.3) is 0 Å². The third-order valence-electron chi connectivity index (χ3n) is 2.11. The molecule has 1 saturated heterocycles. The summed E-state index contributed by atoms with van der Waals surface area (Å²) in [5, 5.41) is 14.1. The second kappa shape index (κ2) is 4.80. The van der Waals surface area contributed by atoms with Crippen LogP contribution in [-0.2, 0) is 4.79 Å². The number of hydrogen-bond acceptors (Lipinski definition) is 3. The van der Waals surface area contributed by atoms with Gasteiger partial charge in [-0.1, -0.05) is 0 Å². The van der Waals surface area contributed by atoms with Gasteiger partial charge in [0.1, 0.15) is 6.04 Å². The average molecular weight is 201 g/mol. The fourth-order valence-electron chi connectivity index (χ4n) is 1.21. The van der Waals surface area contributed by atoms with E-state index in [1.807, 2.05) is 0 Å². The second-order valence-electron chi connectivity index (χ2n) is 3.25. The molecule has 1 unspecified atom stereocenters. The molecule has 0 aliphatic carbocycles. The first kappa shape index (κ1) is 10.8. The van der Waals surface area contributed by atoms with E-state index < -0.39 is 12.0 Å². The monoisotopic (exact) mass is 201 g/mol. The molecule has 2 amide bonds. The average Bonchev–Trinajstić information content (AvgIpc) is 2.19. The third-order valence-corrected chi connectivity index (χ3v) is 2.11. The lowest BCUT2D eigenvalue weighted by molar-refractivity contribution is -0.138. The number of carboxylic acid groups (broad SMARTS) is 1. The number of piperazine rings is 1. The van der Waals surface area contributed by atoms with Crippen molar-refractivity contribution >= 4 is 12.0 Å². The molecule has 0 aromatic carbocycles. The van der Waals surface area contributed by atoms with E-state index in [1.54, 1.807) is 4.90 Å². The number of nitrogens with zero attached hydrogens (tertiary/aromatic N) is 1. The van der Waals surface area contributed by atoms with Crippen molar-refractivity contribution in [3.63, 3.8) is 0 Å². The van der Waals surface area contributed by atoms with Crippen molar-refractivity contribution in [1.82, 2.24) is 15.5 Å². The molecule has 0 spiro atoms. The van der Waals surface area contributed by atoms with Gasteiger partial charge in [-0.05, 0) is 6.92 Å². The number of aliphatic carboxylic acids is 1. The van der Waals surface area contributed by atoms with Crippen molar-refractivity contribution in [1.29, 1.82) is 0 Å². The number of rotatable bonds is 2. The maximum absolute atomic E-state index is 11.4. The van der Waals surface area contributed by atoms with Gasteiger partial charge in [-0.15, -0.1) is 0 Å². The Labute approximate surface area is 82.3 Å².